The van der Waals surface area contributed by atoms with Crippen LogP contribution in [0, 0.1) is 0 Å². The second-order valence-electron chi connectivity index (χ2n) is 10.8. The number of pyridine rings is 2. The average Bonchev–Trinajstić information content (AvgIpc) is 2.83. The molecule has 0 aliphatic carbocycles. The van der Waals surface area contributed by atoms with Crippen LogP contribution in [-0.2, 0) is 25.8 Å². The first-order valence-electron chi connectivity index (χ1n) is 13.4. The van der Waals surface area contributed by atoms with Crippen molar-refractivity contribution in [2.45, 2.75) is 103 Å². The number of rotatable bonds is 16. The van der Waals surface area contributed by atoms with E-state index in [2.05, 4.69) is 77.5 Å². The number of nitrogens with zero attached hydrogens (tertiary/aromatic N) is 2. The summed E-state index contributed by atoms with van der Waals surface area (Å²) in [6.07, 6.45) is 11.4. The minimum absolute atomic E-state index is 0.337. The summed E-state index contributed by atoms with van der Waals surface area (Å²) in [6.45, 7) is 19.6. The topological polar surface area (TPSA) is 53.5 Å². The number of hydrogen-bond donors (Lipinski definition) is 0. The van der Waals surface area contributed by atoms with Crippen LogP contribution in [0.25, 0.3) is 0 Å². The third-order valence-corrected chi connectivity index (χ3v) is 17.2. The van der Waals surface area contributed by atoms with E-state index in [0.717, 1.165) is 25.7 Å². The quantitative estimate of drug-likeness (QED) is 0.170. The fourth-order valence-electron chi connectivity index (χ4n) is 4.89. The van der Waals surface area contributed by atoms with E-state index in [1.807, 2.05) is 36.9 Å². The first-order chi connectivity index (χ1) is 16.6. The summed E-state index contributed by atoms with van der Waals surface area (Å²) in [5.41, 5.74) is 3.86. The van der Waals surface area contributed by atoms with Gasteiger partial charge in [0.1, 0.15) is 0 Å². The fourth-order valence-corrected chi connectivity index (χ4v) is 16.1. The second kappa shape index (κ2) is 14.4. The van der Waals surface area contributed by atoms with Gasteiger partial charge in [-0.3, -0.25) is 9.97 Å². The molecule has 5 nitrogen and oxygen atoms in total. The maximum atomic E-state index is 7.38. The van der Waals surface area contributed by atoms with Crippen LogP contribution in [0.3, 0.4) is 0 Å². The Morgan fingerprint density at radius 1 is 0.629 bits per heavy atom. The van der Waals surface area contributed by atoms with Crippen LogP contribution >= 0.6 is 0 Å². The van der Waals surface area contributed by atoms with Crippen molar-refractivity contribution in [3.8, 4) is 0 Å². The Labute approximate surface area is 216 Å². The van der Waals surface area contributed by atoms with Crippen molar-refractivity contribution in [3.63, 3.8) is 0 Å². The highest BCUT2D eigenvalue weighted by molar-refractivity contribution is 6.83. The highest BCUT2D eigenvalue weighted by atomic mass is 28.5. The minimum atomic E-state index is -2.56. The maximum Gasteiger partial charge on any atom is 0.334 e. The van der Waals surface area contributed by atoms with E-state index < -0.39 is 17.1 Å². The van der Waals surface area contributed by atoms with E-state index in [0.29, 0.717) is 35.4 Å². The smallest absolute Gasteiger partial charge is 0.334 e. The Morgan fingerprint density at radius 3 is 1.29 bits per heavy atom. The molecule has 0 bridgehead atoms. The van der Waals surface area contributed by atoms with Gasteiger partial charge in [0.15, 0.2) is 0 Å². The van der Waals surface area contributed by atoms with Crippen LogP contribution in [0.4, 0.5) is 0 Å². The lowest BCUT2D eigenvalue weighted by atomic mass is 10.2. The van der Waals surface area contributed by atoms with E-state index >= 15 is 0 Å². The first kappa shape index (κ1) is 29.8. The highest BCUT2D eigenvalue weighted by Crippen LogP contribution is 2.44. The molecule has 0 saturated carbocycles. The van der Waals surface area contributed by atoms with Crippen LogP contribution in [0.2, 0.25) is 22.2 Å². The predicted octanol–water partition coefficient (Wildman–Crippen LogP) is 7.62. The van der Waals surface area contributed by atoms with Gasteiger partial charge in [-0.2, -0.15) is 0 Å². The van der Waals surface area contributed by atoms with E-state index in [-0.39, 0.29) is 0 Å². The van der Waals surface area contributed by atoms with Crippen molar-refractivity contribution >= 4 is 17.1 Å². The molecule has 0 spiro atoms. The van der Waals surface area contributed by atoms with Gasteiger partial charge in [-0.05, 0) is 71.1 Å². The molecule has 35 heavy (non-hydrogen) atoms. The molecule has 0 amide bonds. The molecule has 0 saturated heterocycles. The van der Waals surface area contributed by atoms with Crippen LogP contribution < -0.4 is 0 Å². The standard InChI is InChI=1S/C28H48N2O3Si2/c1-23(2)34(24(3)4,31-19-11-15-27-13-9-17-29-21-27)33-35(25(5)6,26(7)8)32-20-12-16-28-14-10-18-30-22-28/h9-10,13-14,17-18,21-26H,11-12,15-16,19-20H2,1-8H3. The largest absolute Gasteiger partial charge is 0.414 e. The van der Waals surface area contributed by atoms with Crippen LogP contribution in [-0.4, -0.2) is 40.3 Å². The molecule has 0 atom stereocenters. The molecule has 2 heterocycles. The van der Waals surface area contributed by atoms with Gasteiger partial charge in [0, 0.05) is 38.0 Å². The van der Waals surface area contributed by atoms with Gasteiger partial charge in [0.05, 0.1) is 0 Å². The number of aryl methyl sites for hydroxylation is 2. The molecule has 0 fully saturated rings. The van der Waals surface area contributed by atoms with Gasteiger partial charge < -0.3 is 13.0 Å². The minimum Gasteiger partial charge on any atom is -0.414 e. The molecule has 2 aromatic rings. The Bertz CT molecular complexity index is 747. The molecule has 7 heteroatoms. The van der Waals surface area contributed by atoms with Gasteiger partial charge in [-0.15, -0.1) is 0 Å². The molecule has 2 rings (SSSR count). The van der Waals surface area contributed by atoms with E-state index in [1.54, 1.807) is 0 Å². The van der Waals surface area contributed by atoms with Crippen molar-refractivity contribution in [3.05, 3.63) is 60.2 Å². The highest BCUT2D eigenvalue weighted by Gasteiger charge is 2.56. The maximum absolute atomic E-state index is 7.38. The molecule has 0 radical (unpaired) electrons. The summed E-state index contributed by atoms with van der Waals surface area (Å²) < 4.78 is 21.1. The average molecular weight is 517 g/mol. The van der Waals surface area contributed by atoms with E-state index in [4.69, 9.17) is 13.0 Å². The van der Waals surface area contributed by atoms with Gasteiger partial charge in [-0.1, -0.05) is 67.5 Å². The molecular weight excluding hydrogens is 468 g/mol. The predicted molar refractivity (Wildman–Crippen MR) is 150 cm³/mol. The molecule has 0 aromatic carbocycles. The summed E-state index contributed by atoms with van der Waals surface area (Å²) >= 11 is 0. The Balaban J connectivity index is 2.14. The lowest BCUT2D eigenvalue weighted by Gasteiger charge is -2.48. The third kappa shape index (κ3) is 8.32. The zero-order valence-electron chi connectivity index (χ0n) is 23.3. The third-order valence-electron chi connectivity index (χ3n) is 6.86. The Morgan fingerprint density at radius 2 is 1.00 bits per heavy atom. The second-order valence-corrected chi connectivity index (χ2v) is 19.7. The van der Waals surface area contributed by atoms with E-state index in [1.165, 1.54) is 11.1 Å². The fraction of sp³-hybridized carbons (Fsp3) is 0.643. The molecule has 0 aliphatic rings. The first-order valence-corrected chi connectivity index (χ1v) is 17.3. The van der Waals surface area contributed by atoms with Crippen molar-refractivity contribution < 1.29 is 13.0 Å². The van der Waals surface area contributed by atoms with Gasteiger partial charge in [0.2, 0.25) is 0 Å². The summed E-state index contributed by atoms with van der Waals surface area (Å²) in [5, 5.41) is 0. The molecule has 196 valence electrons. The van der Waals surface area contributed by atoms with Crippen molar-refractivity contribution in [2.24, 2.45) is 0 Å². The number of aromatic nitrogens is 2. The van der Waals surface area contributed by atoms with Crippen molar-refractivity contribution in [2.75, 3.05) is 13.2 Å². The molecule has 0 aliphatic heterocycles. The van der Waals surface area contributed by atoms with Gasteiger partial charge in [0.25, 0.3) is 0 Å². The normalized spacial score (nSPS) is 12.9. The Hall–Kier alpha value is -1.39. The van der Waals surface area contributed by atoms with Gasteiger partial charge >= 0.3 is 17.1 Å². The van der Waals surface area contributed by atoms with Crippen LogP contribution in [0.1, 0.15) is 79.4 Å². The van der Waals surface area contributed by atoms with E-state index in [9.17, 15) is 0 Å². The zero-order chi connectivity index (χ0) is 25.9. The van der Waals surface area contributed by atoms with Crippen LogP contribution in [0.15, 0.2) is 49.1 Å². The summed E-state index contributed by atoms with van der Waals surface area (Å²) in [4.78, 5) is 8.48. The van der Waals surface area contributed by atoms with Crippen molar-refractivity contribution in [1.29, 1.82) is 0 Å². The van der Waals surface area contributed by atoms with Crippen LogP contribution in [0.5, 0.6) is 0 Å². The SMILES string of the molecule is CC(C)[Si](OCCCc1cccnc1)(O[Si](OCCCc1cccnc1)(C(C)C)C(C)C)C(C)C. The van der Waals surface area contributed by atoms with Gasteiger partial charge in [-0.25, -0.2) is 0 Å². The molecular formula is C28H48N2O3Si2. The summed E-state index contributed by atoms with van der Waals surface area (Å²) in [5.74, 6) is 0. The lowest BCUT2D eigenvalue weighted by molar-refractivity contribution is 0.157. The molecule has 2 aromatic heterocycles. The zero-order valence-corrected chi connectivity index (χ0v) is 25.3. The lowest BCUT2D eigenvalue weighted by Crippen LogP contribution is -2.61. The Kier molecular flexibility index (Phi) is 12.3. The van der Waals surface area contributed by atoms with Crippen molar-refractivity contribution in [1.82, 2.24) is 9.97 Å². The molecule has 0 unspecified atom stereocenters. The summed E-state index contributed by atoms with van der Waals surface area (Å²) in [6, 6.07) is 8.26. The number of hydrogen-bond acceptors (Lipinski definition) is 5. The summed E-state index contributed by atoms with van der Waals surface area (Å²) in [7, 11) is -5.12. The monoisotopic (exact) mass is 516 g/mol. The molecule has 0 N–H and O–H groups in total.